The zero-order valence-corrected chi connectivity index (χ0v) is 48.1. The molecule has 5 fully saturated rings. The van der Waals surface area contributed by atoms with Crippen LogP contribution in [0.15, 0.2) is 134 Å². The van der Waals surface area contributed by atoms with Gasteiger partial charge in [-0.05, 0) is 158 Å². The van der Waals surface area contributed by atoms with Crippen LogP contribution in [0.4, 0.5) is 11.5 Å². The lowest BCUT2D eigenvalue weighted by molar-refractivity contribution is -0.202. The molecule has 1 aliphatic heterocycles. The maximum atomic E-state index is 14.9. The Balaban J connectivity index is 0.790. The molecule has 16 atom stereocenters. The topological polar surface area (TPSA) is 243 Å². The van der Waals surface area contributed by atoms with Crippen LogP contribution < -0.4 is 21.3 Å². The van der Waals surface area contributed by atoms with Gasteiger partial charge in [-0.3, -0.25) is 29.0 Å². The summed E-state index contributed by atoms with van der Waals surface area (Å²) in [4.78, 5) is 79.6. The highest BCUT2D eigenvalue weighted by molar-refractivity contribution is 5.99. The summed E-state index contributed by atoms with van der Waals surface area (Å²) in [7, 11) is 0. The Bertz CT molecular complexity index is 3030. The van der Waals surface area contributed by atoms with Crippen molar-refractivity contribution in [1.29, 1.82) is 0 Å². The number of likely N-dealkylation sites (tertiary alicyclic amines) is 1. The molecule has 0 bridgehead atoms. The van der Waals surface area contributed by atoms with Crippen molar-refractivity contribution in [3.05, 3.63) is 156 Å². The molecular weight excluding hydrogens is 1050 g/mol. The first-order valence-corrected chi connectivity index (χ1v) is 30.3. The Labute approximate surface area is 487 Å². The molecule has 4 aliphatic carbocycles. The number of carbonyl (C=O) groups is 5. The lowest BCUT2D eigenvalue weighted by atomic mass is 9.43. The van der Waals surface area contributed by atoms with Gasteiger partial charge in [0.2, 0.25) is 23.6 Å². The zero-order valence-electron chi connectivity index (χ0n) is 48.1. The smallest absolute Gasteiger partial charge is 0.303 e. The lowest BCUT2D eigenvalue weighted by Crippen LogP contribution is -2.63. The molecular formula is C67H83N7O9. The first-order chi connectivity index (χ1) is 40.0. The number of aromatic nitrogens is 2. The summed E-state index contributed by atoms with van der Waals surface area (Å²) in [5.41, 5.74) is 2.74. The minimum atomic E-state index is -1.04. The molecule has 0 radical (unpaired) electrons. The SMILES string of the molecule is CC(CCC(=O)O)C1CCC2[C@H]3C(C[C@H](O)[C@]12C)[C@@]1(C)CC[C@H](NC(=O)CCC(=O)N[C@@H](Cc2ccccc2)C(=O)N2CCC[C@H]2C(=O)Nc2ccccc2[C@H](Nc2ccccn2)[C@@H](c2ccccn2)[C@@H](O)c2ccccc2)C[C@H]1C[C@H]3O. The van der Waals surface area contributed by atoms with Crippen molar-refractivity contribution in [1.82, 2.24) is 25.5 Å². The van der Waals surface area contributed by atoms with Crippen molar-refractivity contribution in [3.63, 3.8) is 0 Å². The van der Waals surface area contributed by atoms with E-state index in [0.29, 0.717) is 73.4 Å². The number of amides is 4. The Kier molecular flexibility index (Phi) is 18.4. The van der Waals surface area contributed by atoms with Gasteiger partial charge in [0, 0.05) is 62.0 Å². The Hall–Kier alpha value is -7.01. The lowest BCUT2D eigenvalue weighted by Gasteiger charge is -2.63. The number of aliphatic hydroxyl groups is 3. The molecule has 440 valence electrons. The van der Waals surface area contributed by atoms with Crippen molar-refractivity contribution in [2.24, 2.45) is 46.3 Å². The number of aliphatic carboxylic acids is 1. The first-order valence-electron chi connectivity index (χ1n) is 30.3. The second-order valence-corrected chi connectivity index (χ2v) is 25.1. The number of nitrogens with zero attached hydrogens (tertiary/aromatic N) is 3. The number of carboxylic acid groups (broad SMARTS) is 1. The number of fused-ring (bicyclic) bond motifs is 5. The largest absolute Gasteiger partial charge is 0.481 e. The number of hydrogen-bond donors (Lipinski definition) is 8. The number of nitrogens with one attached hydrogen (secondary N) is 4. The third kappa shape index (κ3) is 12.8. The number of hydrogen-bond acceptors (Lipinski definition) is 11. The molecule has 16 heteroatoms. The van der Waals surface area contributed by atoms with Crippen LogP contribution in [0.2, 0.25) is 0 Å². The number of anilines is 2. The number of aliphatic hydroxyl groups excluding tert-OH is 3. The molecule has 5 aromatic rings. The highest BCUT2D eigenvalue weighted by atomic mass is 16.4. The average Bonchev–Trinajstić information content (AvgIpc) is 2.13. The van der Waals surface area contributed by atoms with Gasteiger partial charge in [0.15, 0.2) is 0 Å². The van der Waals surface area contributed by atoms with Crippen molar-refractivity contribution >= 4 is 41.1 Å². The third-order valence-corrected chi connectivity index (χ3v) is 20.5. The summed E-state index contributed by atoms with van der Waals surface area (Å²) in [5.74, 6) is -1.63. The maximum Gasteiger partial charge on any atom is 0.303 e. The molecule has 0 spiro atoms. The van der Waals surface area contributed by atoms with Crippen molar-refractivity contribution < 1.29 is 44.4 Å². The number of benzene rings is 3. The van der Waals surface area contributed by atoms with Gasteiger partial charge in [-0.1, -0.05) is 112 Å². The fraction of sp³-hybridized carbons (Fsp3) is 0.507. The van der Waals surface area contributed by atoms with E-state index in [-0.39, 0.29) is 84.0 Å². The first kappa shape index (κ1) is 59.2. The fourth-order valence-electron chi connectivity index (χ4n) is 16.2. The van der Waals surface area contributed by atoms with E-state index in [1.165, 1.54) is 0 Å². The number of rotatable bonds is 21. The summed E-state index contributed by atoms with van der Waals surface area (Å²) < 4.78 is 0. The second kappa shape index (κ2) is 25.9. The number of carboxylic acids is 1. The summed E-state index contributed by atoms with van der Waals surface area (Å²) >= 11 is 0. The molecule has 1 saturated heterocycles. The van der Waals surface area contributed by atoms with Gasteiger partial charge in [0.25, 0.3) is 0 Å². The minimum absolute atomic E-state index is 0.0537. The standard InChI is InChI=1S/C67H83N7O9/c1-41(26-31-59(79)80)47-27-28-48-60-49(40-55(76)67(47,48)3)66(2)33-32-45(38-44(66)39-54(60)75)70-57(77)29-30-58(78)71-52(37-42-17-6-4-7-18-42)65(83)74-36-16-24-53(74)64(82)72-50-22-11-10-21-46(50)62(73-56-25-13-15-35-69-56)61(51-23-12-14-34-68-51)63(81)43-19-8-5-9-20-43/h4-15,17-23,25,34-35,41,44-45,47-49,52-55,60-63,75-76,81H,16,24,26-33,36-40H2,1-3H3,(H,69,73)(H,70,77)(H,71,78)(H,72,82)(H,79,80)/t41?,44-,45-,47?,48?,49?,52-,53-,54+,55-,60-,61+,62-,63-,66-,67+/m0/s1. The van der Waals surface area contributed by atoms with Crippen LogP contribution in [0.25, 0.3) is 0 Å². The van der Waals surface area contributed by atoms with Gasteiger partial charge in [0.05, 0.1) is 30.3 Å². The summed E-state index contributed by atoms with van der Waals surface area (Å²) in [6.07, 6.45) is 8.15. The Morgan fingerprint density at radius 1 is 0.747 bits per heavy atom. The average molecular weight is 1130 g/mol. The van der Waals surface area contributed by atoms with E-state index in [0.717, 1.165) is 31.2 Å². The predicted octanol–water partition coefficient (Wildman–Crippen LogP) is 9.17. The molecule has 10 rings (SSSR count). The van der Waals surface area contributed by atoms with E-state index in [1.807, 2.05) is 115 Å². The van der Waals surface area contributed by atoms with Gasteiger partial charge in [-0.2, -0.15) is 0 Å². The molecule has 4 saturated carbocycles. The van der Waals surface area contributed by atoms with Crippen LogP contribution in [0.5, 0.6) is 0 Å². The third-order valence-electron chi connectivity index (χ3n) is 20.5. The zero-order chi connectivity index (χ0) is 58.4. The van der Waals surface area contributed by atoms with E-state index >= 15 is 0 Å². The van der Waals surface area contributed by atoms with Gasteiger partial charge < -0.3 is 46.6 Å². The van der Waals surface area contributed by atoms with E-state index < -0.39 is 66.0 Å². The van der Waals surface area contributed by atoms with Gasteiger partial charge in [-0.25, -0.2) is 4.98 Å². The van der Waals surface area contributed by atoms with Crippen LogP contribution >= 0.6 is 0 Å². The van der Waals surface area contributed by atoms with Gasteiger partial charge >= 0.3 is 5.97 Å². The quantitative estimate of drug-likeness (QED) is 0.0343. The van der Waals surface area contributed by atoms with Crippen LogP contribution in [0, 0.1) is 46.3 Å². The van der Waals surface area contributed by atoms with Gasteiger partial charge in [-0.15, -0.1) is 0 Å². The van der Waals surface area contributed by atoms with E-state index in [4.69, 9.17) is 4.98 Å². The summed E-state index contributed by atoms with van der Waals surface area (Å²) in [6.45, 7) is 6.93. The Morgan fingerprint density at radius 2 is 1.45 bits per heavy atom. The van der Waals surface area contributed by atoms with E-state index in [9.17, 15) is 44.4 Å². The van der Waals surface area contributed by atoms with Crippen LogP contribution in [-0.4, -0.2) is 102 Å². The molecule has 16 nitrogen and oxygen atoms in total. The molecule has 4 unspecified atom stereocenters. The van der Waals surface area contributed by atoms with Crippen molar-refractivity contribution in [2.45, 2.75) is 159 Å². The molecule has 5 aliphatic rings. The van der Waals surface area contributed by atoms with E-state index in [2.05, 4.69) is 47.0 Å². The molecule has 4 amide bonds. The molecule has 3 aromatic carbocycles. The number of para-hydroxylation sites is 1. The number of carbonyl (C=O) groups excluding carboxylic acids is 4. The van der Waals surface area contributed by atoms with Gasteiger partial charge in [0.1, 0.15) is 17.9 Å². The van der Waals surface area contributed by atoms with Crippen LogP contribution in [0.3, 0.4) is 0 Å². The normalized spacial score (nSPS) is 29.1. The van der Waals surface area contributed by atoms with Crippen LogP contribution in [0.1, 0.15) is 145 Å². The van der Waals surface area contributed by atoms with Crippen molar-refractivity contribution in [3.8, 4) is 0 Å². The Morgan fingerprint density at radius 3 is 2.17 bits per heavy atom. The highest BCUT2D eigenvalue weighted by Crippen LogP contribution is 2.68. The minimum Gasteiger partial charge on any atom is -0.481 e. The summed E-state index contributed by atoms with van der Waals surface area (Å²) in [6, 6.07) is 34.5. The maximum absolute atomic E-state index is 14.9. The molecule has 3 heterocycles. The monoisotopic (exact) mass is 1130 g/mol. The van der Waals surface area contributed by atoms with Crippen LogP contribution in [-0.2, 0) is 30.4 Å². The molecule has 2 aromatic heterocycles. The second-order valence-electron chi connectivity index (χ2n) is 25.1. The number of pyridine rings is 2. The van der Waals surface area contributed by atoms with E-state index in [1.54, 1.807) is 23.4 Å². The predicted molar refractivity (Wildman–Crippen MR) is 316 cm³/mol. The molecule has 83 heavy (non-hydrogen) atoms. The highest BCUT2D eigenvalue weighted by Gasteiger charge is 2.66. The fourth-order valence-corrected chi connectivity index (χ4v) is 16.2. The molecule has 8 N–H and O–H groups in total. The van der Waals surface area contributed by atoms with Crippen molar-refractivity contribution in [2.75, 3.05) is 17.2 Å². The summed E-state index contributed by atoms with van der Waals surface area (Å²) in [5, 5.41) is 58.7.